The highest BCUT2D eigenvalue weighted by molar-refractivity contribution is 5.95. The molecule has 1 amide bonds. The molecule has 2 aromatic heterocycles. The molecule has 2 aromatic rings. The normalized spacial score (nSPS) is 23.9. The number of hydrogen-bond donors (Lipinski definition) is 0. The summed E-state index contributed by atoms with van der Waals surface area (Å²) >= 11 is 0. The van der Waals surface area contributed by atoms with E-state index >= 15 is 0 Å². The van der Waals surface area contributed by atoms with Gasteiger partial charge in [0.25, 0.3) is 5.91 Å². The van der Waals surface area contributed by atoms with Crippen LogP contribution in [0.5, 0.6) is 0 Å². The zero-order valence-electron chi connectivity index (χ0n) is 14.4. The van der Waals surface area contributed by atoms with E-state index < -0.39 is 0 Å². The van der Waals surface area contributed by atoms with Crippen LogP contribution < -0.4 is 0 Å². The number of amides is 1. The minimum Gasteiger partial charge on any atom is -0.469 e. The van der Waals surface area contributed by atoms with Crippen LogP contribution in [0.25, 0.3) is 0 Å². The largest absolute Gasteiger partial charge is 0.469 e. The van der Waals surface area contributed by atoms with E-state index in [0.29, 0.717) is 5.92 Å². The predicted molar refractivity (Wildman–Crippen MR) is 87.7 cm³/mol. The molecule has 0 spiro atoms. The second-order valence-electron chi connectivity index (χ2n) is 6.99. The van der Waals surface area contributed by atoms with Crippen LogP contribution in [-0.4, -0.2) is 39.8 Å². The highest BCUT2D eigenvalue weighted by Gasteiger charge is 2.37. The van der Waals surface area contributed by atoms with Crippen molar-refractivity contribution in [1.29, 1.82) is 0 Å². The number of likely N-dealkylation sites (tertiary alicyclic amines) is 1. The first-order valence-electron chi connectivity index (χ1n) is 8.55. The van der Waals surface area contributed by atoms with Gasteiger partial charge in [-0.05, 0) is 26.0 Å². The van der Waals surface area contributed by atoms with Crippen molar-refractivity contribution in [3.63, 3.8) is 0 Å². The Kier molecular flexibility index (Phi) is 3.72. The molecule has 4 heterocycles. The molecular weight excluding hydrogens is 306 g/mol. The van der Waals surface area contributed by atoms with E-state index in [9.17, 15) is 4.79 Å². The summed E-state index contributed by atoms with van der Waals surface area (Å²) < 4.78 is 12.9. The Hall–Kier alpha value is -2.08. The van der Waals surface area contributed by atoms with E-state index in [1.165, 1.54) is 0 Å². The van der Waals surface area contributed by atoms with Gasteiger partial charge in [0.1, 0.15) is 11.5 Å². The smallest absolute Gasteiger partial charge is 0.272 e. The third-order valence-electron chi connectivity index (χ3n) is 5.01. The molecule has 1 saturated heterocycles. The second kappa shape index (κ2) is 5.77. The summed E-state index contributed by atoms with van der Waals surface area (Å²) in [7, 11) is 1.85. The molecule has 0 aliphatic carbocycles. The van der Waals surface area contributed by atoms with Gasteiger partial charge in [-0.1, -0.05) is 0 Å². The summed E-state index contributed by atoms with van der Waals surface area (Å²) in [5, 5.41) is 4.54. The van der Waals surface area contributed by atoms with Crippen LogP contribution >= 0.6 is 0 Å². The minimum absolute atomic E-state index is 0.0559. The molecule has 128 valence electrons. The van der Waals surface area contributed by atoms with E-state index in [2.05, 4.69) is 5.10 Å². The number of aromatic nitrogens is 2. The van der Waals surface area contributed by atoms with Crippen molar-refractivity contribution in [3.05, 3.63) is 41.1 Å². The highest BCUT2D eigenvalue weighted by Crippen LogP contribution is 2.32. The molecule has 0 unspecified atom stereocenters. The number of nitrogens with zero attached hydrogens (tertiary/aromatic N) is 3. The lowest BCUT2D eigenvalue weighted by molar-refractivity contribution is -0.00721. The molecule has 2 aliphatic rings. The lowest BCUT2D eigenvalue weighted by atomic mass is 9.93. The zero-order valence-corrected chi connectivity index (χ0v) is 14.4. The van der Waals surface area contributed by atoms with Gasteiger partial charge in [0, 0.05) is 44.5 Å². The molecule has 0 N–H and O–H groups in total. The van der Waals surface area contributed by atoms with Gasteiger partial charge >= 0.3 is 0 Å². The van der Waals surface area contributed by atoms with Gasteiger partial charge in [-0.25, -0.2) is 0 Å². The number of ether oxygens (including phenoxy) is 1. The van der Waals surface area contributed by atoms with Gasteiger partial charge in [-0.3, -0.25) is 9.48 Å². The van der Waals surface area contributed by atoms with Gasteiger partial charge < -0.3 is 14.1 Å². The molecule has 0 aromatic carbocycles. The molecule has 6 nitrogen and oxygen atoms in total. The van der Waals surface area contributed by atoms with Crippen LogP contribution in [0.3, 0.4) is 0 Å². The van der Waals surface area contributed by atoms with Crippen LogP contribution in [0.4, 0.5) is 0 Å². The summed E-state index contributed by atoms with van der Waals surface area (Å²) in [4.78, 5) is 14.9. The van der Waals surface area contributed by atoms with Gasteiger partial charge in [0.15, 0.2) is 0 Å². The average molecular weight is 329 g/mol. The van der Waals surface area contributed by atoms with Crippen molar-refractivity contribution in [2.75, 3.05) is 13.1 Å². The lowest BCUT2D eigenvalue weighted by Gasteiger charge is -2.39. The maximum absolute atomic E-state index is 12.9. The quantitative estimate of drug-likeness (QED) is 0.867. The van der Waals surface area contributed by atoms with Gasteiger partial charge in [0.2, 0.25) is 0 Å². The Bertz CT molecular complexity index is 744. The standard InChI is InChI=1S/C18H23N3O3/c1-11-7-15-16(12(2)24-11)19-20(3)17(15)18(22)21-9-13(10-21)8-14-5-4-6-23-14/h4-6,11-13H,7-10H2,1-3H3/t11-,12+/m1/s1. The first kappa shape index (κ1) is 15.4. The van der Waals surface area contributed by atoms with Crippen molar-refractivity contribution in [2.24, 2.45) is 13.0 Å². The topological polar surface area (TPSA) is 60.5 Å². The number of hydrogen-bond acceptors (Lipinski definition) is 4. The number of carbonyl (C=O) groups is 1. The Morgan fingerprint density at radius 3 is 2.88 bits per heavy atom. The van der Waals surface area contributed by atoms with E-state index in [1.807, 2.05) is 37.9 Å². The van der Waals surface area contributed by atoms with E-state index in [-0.39, 0.29) is 18.1 Å². The van der Waals surface area contributed by atoms with Crippen molar-refractivity contribution < 1.29 is 13.9 Å². The van der Waals surface area contributed by atoms with Crippen LogP contribution in [0.15, 0.2) is 22.8 Å². The monoisotopic (exact) mass is 329 g/mol. The predicted octanol–water partition coefficient (Wildman–Crippen LogP) is 2.35. The summed E-state index contributed by atoms with van der Waals surface area (Å²) in [6.45, 7) is 5.60. The third-order valence-corrected chi connectivity index (χ3v) is 5.01. The molecule has 2 atom stereocenters. The molecule has 24 heavy (non-hydrogen) atoms. The van der Waals surface area contributed by atoms with Crippen LogP contribution in [0.1, 0.15) is 47.5 Å². The number of fused-ring (bicyclic) bond motifs is 1. The summed E-state index contributed by atoms with van der Waals surface area (Å²) in [6, 6.07) is 3.90. The van der Waals surface area contributed by atoms with E-state index in [1.54, 1.807) is 10.9 Å². The second-order valence-corrected chi connectivity index (χ2v) is 6.99. The van der Waals surface area contributed by atoms with Gasteiger partial charge in [-0.15, -0.1) is 0 Å². The average Bonchev–Trinajstić information content (AvgIpc) is 3.09. The molecule has 2 aliphatic heterocycles. The van der Waals surface area contributed by atoms with Crippen LogP contribution in [-0.2, 0) is 24.6 Å². The molecule has 0 bridgehead atoms. The third kappa shape index (κ3) is 2.55. The Balaban J connectivity index is 1.48. The molecular formula is C18H23N3O3. The number of furan rings is 1. The fraction of sp³-hybridized carbons (Fsp3) is 0.556. The molecule has 0 radical (unpaired) electrons. The summed E-state index contributed by atoms with van der Waals surface area (Å²) in [5.74, 6) is 1.55. The Morgan fingerprint density at radius 1 is 1.38 bits per heavy atom. The highest BCUT2D eigenvalue weighted by atomic mass is 16.5. The van der Waals surface area contributed by atoms with E-state index in [4.69, 9.17) is 9.15 Å². The summed E-state index contributed by atoms with van der Waals surface area (Å²) in [5.41, 5.74) is 2.69. The Morgan fingerprint density at radius 2 is 2.17 bits per heavy atom. The zero-order chi connectivity index (χ0) is 16.8. The first-order chi connectivity index (χ1) is 11.5. The minimum atomic E-state index is -0.0559. The lowest BCUT2D eigenvalue weighted by Crippen LogP contribution is -2.51. The van der Waals surface area contributed by atoms with Gasteiger partial charge in [0.05, 0.1) is 24.2 Å². The van der Waals surface area contributed by atoms with Crippen molar-refractivity contribution in [3.8, 4) is 0 Å². The molecule has 1 fully saturated rings. The molecule has 4 rings (SSSR count). The molecule has 6 heteroatoms. The maximum Gasteiger partial charge on any atom is 0.272 e. The van der Waals surface area contributed by atoms with Crippen LogP contribution in [0, 0.1) is 5.92 Å². The van der Waals surface area contributed by atoms with E-state index in [0.717, 1.165) is 48.6 Å². The fourth-order valence-electron chi connectivity index (χ4n) is 3.86. The van der Waals surface area contributed by atoms with Crippen molar-refractivity contribution in [1.82, 2.24) is 14.7 Å². The van der Waals surface area contributed by atoms with Crippen molar-refractivity contribution >= 4 is 5.91 Å². The molecule has 0 saturated carbocycles. The SMILES string of the molecule is C[C@@H]1Cc2c(nn(C)c2C(=O)N2CC(Cc3ccco3)C2)[C@H](C)O1. The summed E-state index contributed by atoms with van der Waals surface area (Å²) in [6.07, 6.45) is 3.40. The van der Waals surface area contributed by atoms with Crippen LogP contribution in [0.2, 0.25) is 0 Å². The van der Waals surface area contributed by atoms with Gasteiger partial charge in [-0.2, -0.15) is 5.10 Å². The number of rotatable bonds is 3. The fourth-order valence-corrected chi connectivity index (χ4v) is 3.86. The Labute approximate surface area is 141 Å². The number of carbonyl (C=O) groups excluding carboxylic acids is 1. The number of aryl methyl sites for hydroxylation is 1. The van der Waals surface area contributed by atoms with Crippen molar-refractivity contribution in [2.45, 2.75) is 38.9 Å². The maximum atomic E-state index is 12.9. The first-order valence-corrected chi connectivity index (χ1v) is 8.55.